The molecule has 2 heteroatoms. The van der Waals surface area contributed by atoms with E-state index in [4.69, 9.17) is 4.74 Å². The Bertz CT molecular complexity index is 579. The maximum Gasteiger partial charge on any atom is 0.118 e. The molecular formula is C19H24OSi. The number of methoxy groups -OCH3 is 1. The summed E-state index contributed by atoms with van der Waals surface area (Å²) >= 11 is 0. The molecule has 0 aromatic heterocycles. The predicted octanol–water partition coefficient (Wildman–Crippen LogP) is 5.37. The van der Waals surface area contributed by atoms with Crippen molar-refractivity contribution in [2.24, 2.45) is 0 Å². The maximum atomic E-state index is 5.20. The van der Waals surface area contributed by atoms with E-state index in [0.29, 0.717) is 5.54 Å². The Morgan fingerprint density at radius 3 is 2.05 bits per heavy atom. The normalized spacial score (nSPS) is 13.3. The molecule has 2 aromatic rings. The average molecular weight is 296 g/mol. The molecule has 0 bridgehead atoms. The van der Waals surface area contributed by atoms with Crippen LogP contribution in [0.2, 0.25) is 19.6 Å². The molecule has 1 unspecified atom stereocenters. The summed E-state index contributed by atoms with van der Waals surface area (Å²) in [7, 11) is 0.385. The largest absolute Gasteiger partial charge is 0.497 e. The minimum atomic E-state index is -1.31. The van der Waals surface area contributed by atoms with Crippen molar-refractivity contribution in [3.05, 3.63) is 71.8 Å². The number of allylic oxidation sites excluding steroid dienone is 1. The van der Waals surface area contributed by atoms with Gasteiger partial charge in [-0.3, -0.25) is 0 Å². The molecule has 110 valence electrons. The van der Waals surface area contributed by atoms with E-state index in [9.17, 15) is 0 Å². The van der Waals surface area contributed by atoms with E-state index in [2.05, 4.69) is 74.3 Å². The Balaban J connectivity index is 2.24. The summed E-state index contributed by atoms with van der Waals surface area (Å²) < 4.78 is 5.20. The maximum absolute atomic E-state index is 5.20. The molecule has 2 aromatic carbocycles. The summed E-state index contributed by atoms with van der Waals surface area (Å²) in [4.78, 5) is 0. The number of hydrogen-bond donors (Lipinski definition) is 0. The summed E-state index contributed by atoms with van der Waals surface area (Å²) in [5.74, 6) is 0.900. The van der Waals surface area contributed by atoms with Crippen LogP contribution >= 0.6 is 0 Å². The van der Waals surface area contributed by atoms with Gasteiger partial charge in [-0.25, -0.2) is 0 Å². The molecule has 0 aliphatic rings. The Morgan fingerprint density at radius 2 is 1.52 bits per heavy atom. The van der Waals surface area contributed by atoms with Crippen LogP contribution in [0.25, 0.3) is 6.08 Å². The molecule has 0 N–H and O–H groups in total. The SMILES string of the molecule is COc1ccc(/C=C/C(c2ccccc2)[Si](C)(C)C)cc1. The van der Waals surface area contributed by atoms with Crippen LogP contribution in [-0.2, 0) is 0 Å². The van der Waals surface area contributed by atoms with Gasteiger partial charge in [0.25, 0.3) is 0 Å². The van der Waals surface area contributed by atoms with Gasteiger partial charge in [-0.05, 0) is 28.8 Å². The fourth-order valence-corrected chi connectivity index (χ4v) is 4.35. The van der Waals surface area contributed by atoms with E-state index in [1.807, 2.05) is 12.1 Å². The van der Waals surface area contributed by atoms with Gasteiger partial charge < -0.3 is 4.74 Å². The first-order valence-corrected chi connectivity index (χ1v) is 11.0. The van der Waals surface area contributed by atoms with Crippen molar-refractivity contribution >= 4 is 14.1 Å². The molecule has 0 amide bonds. The number of ether oxygens (including phenoxy) is 1. The molecule has 0 radical (unpaired) electrons. The average Bonchev–Trinajstić information content (AvgIpc) is 2.48. The van der Waals surface area contributed by atoms with Crippen molar-refractivity contribution in [3.8, 4) is 5.75 Å². The molecule has 2 rings (SSSR count). The Kier molecular flexibility index (Phi) is 5.02. The van der Waals surface area contributed by atoms with E-state index in [1.165, 1.54) is 11.1 Å². The Labute approximate surface area is 129 Å². The summed E-state index contributed by atoms with van der Waals surface area (Å²) in [5, 5.41) is 0. The summed E-state index contributed by atoms with van der Waals surface area (Å²) in [6.45, 7) is 7.26. The molecule has 1 nitrogen and oxygen atoms in total. The van der Waals surface area contributed by atoms with Crippen LogP contribution in [0.1, 0.15) is 16.7 Å². The molecule has 0 saturated heterocycles. The van der Waals surface area contributed by atoms with Gasteiger partial charge in [0.15, 0.2) is 0 Å². The second-order valence-electron chi connectivity index (χ2n) is 6.39. The van der Waals surface area contributed by atoms with E-state index in [-0.39, 0.29) is 0 Å². The second-order valence-corrected chi connectivity index (χ2v) is 11.7. The second kappa shape index (κ2) is 6.77. The van der Waals surface area contributed by atoms with Gasteiger partial charge in [-0.15, -0.1) is 0 Å². The zero-order valence-electron chi connectivity index (χ0n) is 13.3. The molecule has 0 aliphatic carbocycles. The molecule has 1 atom stereocenters. The molecular weight excluding hydrogens is 272 g/mol. The minimum absolute atomic E-state index is 0.529. The summed E-state index contributed by atoms with van der Waals surface area (Å²) in [5.41, 5.74) is 3.16. The lowest BCUT2D eigenvalue weighted by molar-refractivity contribution is 0.415. The van der Waals surface area contributed by atoms with Gasteiger partial charge in [0, 0.05) is 0 Å². The van der Waals surface area contributed by atoms with E-state index >= 15 is 0 Å². The lowest BCUT2D eigenvalue weighted by Crippen LogP contribution is -2.29. The highest BCUT2D eigenvalue weighted by Crippen LogP contribution is 2.29. The summed E-state index contributed by atoms with van der Waals surface area (Å²) in [6, 6.07) is 19.0. The Morgan fingerprint density at radius 1 is 0.905 bits per heavy atom. The third-order valence-corrected chi connectivity index (χ3v) is 6.08. The third kappa shape index (κ3) is 4.33. The lowest BCUT2D eigenvalue weighted by Gasteiger charge is -2.26. The number of hydrogen-bond acceptors (Lipinski definition) is 1. The van der Waals surface area contributed by atoms with Crippen LogP contribution in [0.4, 0.5) is 0 Å². The molecule has 0 heterocycles. The van der Waals surface area contributed by atoms with E-state index < -0.39 is 8.07 Å². The first-order chi connectivity index (χ1) is 10.0. The van der Waals surface area contributed by atoms with Crippen LogP contribution in [0.5, 0.6) is 5.75 Å². The smallest absolute Gasteiger partial charge is 0.118 e. The van der Waals surface area contributed by atoms with Crippen molar-refractivity contribution in [2.75, 3.05) is 7.11 Å². The van der Waals surface area contributed by atoms with Gasteiger partial charge in [-0.1, -0.05) is 74.3 Å². The van der Waals surface area contributed by atoms with Crippen molar-refractivity contribution in [1.82, 2.24) is 0 Å². The fraction of sp³-hybridized carbons (Fsp3) is 0.263. The van der Waals surface area contributed by atoms with Gasteiger partial charge in [-0.2, -0.15) is 0 Å². The van der Waals surface area contributed by atoms with Gasteiger partial charge in [0.1, 0.15) is 5.75 Å². The number of benzene rings is 2. The Hall–Kier alpha value is -1.80. The zero-order chi connectivity index (χ0) is 15.3. The minimum Gasteiger partial charge on any atom is -0.497 e. The van der Waals surface area contributed by atoms with E-state index in [0.717, 1.165) is 5.75 Å². The summed E-state index contributed by atoms with van der Waals surface area (Å²) in [6.07, 6.45) is 4.60. The molecule has 21 heavy (non-hydrogen) atoms. The van der Waals surface area contributed by atoms with Gasteiger partial charge in [0.2, 0.25) is 0 Å². The third-order valence-electron chi connectivity index (χ3n) is 3.69. The standard InChI is InChI=1S/C19H24OSi/c1-20-18-13-10-16(11-14-18)12-15-19(21(2,3)4)17-8-6-5-7-9-17/h5-15,19H,1-4H3/b15-12+. The van der Waals surface area contributed by atoms with Crippen molar-refractivity contribution < 1.29 is 4.74 Å². The van der Waals surface area contributed by atoms with Crippen LogP contribution < -0.4 is 4.74 Å². The van der Waals surface area contributed by atoms with Crippen LogP contribution in [0.15, 0.2) is 60.7 Å². The lowest BCUT2D eigenvalue weighted by atomic mass is 10.1. The monoisotopic (exact) mass is 296 g/mol. The molecule has 0 fully saturated rings. The topological polar surface area (TPSA) is 9.23 Å². The zero-order valence-corrected chi connectivity index (χ0v) is 14.3. The van der Waals surface area contributed by atoms with Crippen LogP contribution in [-0.4, -0.2) is 15.2 Å². The number of rotatable bonds is 5. The highest BCUT2D eigenvalue weighted by molar-refractivity contribution is 6.78. The van der Waals surface area contributed by atoms with E-state index in [1.54, 1.807) is 7.11 Å². The van der Waals surface area contributed by atoms with Crippen LogP contribution in [0.3, 0.4) is 0 Å². The quantitative estimate of drug-likeness (QED) is 0.674. The van der Waals surface area contributed by atoms with Crippen molar-refractivity contribution in [1.29, 1.82) is 0 Å². The molecule has 0 saturated carbocycles. The first-order valence-electron chi connectivity index (χ1n) is 7.38. The van der Waals surface area contributed by atoms with Crippen molar-refractivity contribution in [2.45, 2.75) is 25.2 Å². The fourth-order valence-electron chi connectivity index (χ4n) is 2.48. The highest BCUT2D eigenvalue weighted by atomic mass is 28.3. The van der Waals surface area contributed by atoms with Crippen LogP contribution in [0, 0.1) is 0 Å². The first kappa shape index (κ1) is 15.6. The van der Waals surface area contributed by atoms with Crippen molar-refractivity contribution in [3.63, 3.8) is 0 Å². The predicted molar refractivity (Wildman–Crippen MR) is 94.6 cm³/mol. The van der Waals surface area contributed by atoms with Gasteiger partial charge >= 0.3 is 0 Å². The van der Waals surface area contributed by atoms with Gasteiger partial charge in [0.05, 0.1) is 15.2 Å². The molecule has 0 spiro atoms. The molecule has 0 aliphatic heterocycles. The highest BCUT2D eigenvalue weighted by Gasteiger charge is 2.25.